The highest BCUT2D eigenvalue weighted by atomic mass is 32.2. The fourth-order valence-corrected chi connectivity index (χ4v) is 2.19. The Kier molecular flexibility index (Phi) is 7.88. The van der Waals surface area contributed by atoms with Gasteiger partial charge in [-0.3, -0.25) is 0 Å². The molecule has 0 heterocycles. The number of rotatable bonds is 9. The van der Waals surface area contributed by atoms with E-state index in [0.717, 1.165) is 37.6 Å². The van der Waals surface area contributed by atoms with E-state index in [4.69, 9.17) is 9.47 Å². The standard InChI is InChI=1S/C13H21NO2S/c1-15-10-3-8-14-9-11-17-13-6-4-12(16-2)5-7-13/h4-7,14H,3,8-11H2,1-2H3. The second-order valence-corrected chi connectivity index (χ2v) is 4.79. The van der Waals surface area contributed by atoms with Crippen molar-refractivity contribution in [3.8, 4) is 5.75 Å². The van der Waals surface area contributed by atoms with Crippen LogP contribution < -0.4 is 10.1 Å². The third-order valence-electron chi connectivity index (χ3n) is 2.31. The van der Waals surface area contributed by atoms with Crippen molar-refractivity contribution in [1.29, 1.82) is 0 Å². The van der Waals surface area contributed by atoms with Crippen molar-refractivity contribution >= 4 is 11.8 Å². The minimum atomic E-state index is 0.832. The van der Waals surface area contributed by atoms with Gasteiger partial charge in [0.15, 0.2) is 0 Å². The zero-order chi connectivity index (χ0) is 12.3. The van der Waals surface area contributed by atoms with Gasteiger partial charge in [0, 0.05) is 30.9 Å². The van der Waals surface area contributed by atoms with Crippen LogP contribution in [-0.4, -0.2) is 39.7 Å². The Bertz CT molecular complexity index is 290. The first-order valence-corrected chi connectivity index (χ1v) is 6.82. The normalized spacial score (nSPS) is 10.5. The average molecular weight is 255 g/mol. The zero-order valence-electron chi connectivity index (χ0n) is 10.6. The first-order valence-electron chi connectivity index (χ1n) is 5.83. The van der Waals surface area contributed by atoms with E-state index < -0.39 is 0 Å². The second kappa shape index (κ2) is 9.33. The van der Waals surface area contributed by atoms with E-state index in [2.05, 4.69) is 17.4 Å². The lowest BCUT2D eigenvalue weighted by molar-refractivity contribution is 0.194. The SMILES string of the molecule is COCCCNCCSc1ccc(OC)cc1. The van der Waals surface area contributed by atoms with Gasteiger partial charge in [0.05, 0.1) is 7.11 Å². The van der Waals surface area contributed by atoms with Crippen LogP contribution in [0.1, 0.15) is 6.42 Å². The van der Waals surface area contributed by atoms with Crippen LogP contribution in [-0.2, 0) is 4.74 Å². The van der Waals surface area contributed by atoms with Crippen molar-refractivity contribution in [2.24, 2.45) is 0 Å². The van der Waals surface area contributed by atoms with Gasteiger partial charge in [0.2, 0.25) is 0 Å². The molecule has 0 fully saturated rings. The molecule has 96 valence electrons. The van der Waals surface area contributed by atoms with E-state index in [9.17, 15) is 0 Å². The van der Waals surface area contributed by atoms with Crippen LogP contribution in [0.3, 0.4) is 0 Å². The Morgan fingerprint density at radius 3 is 2.53 bits per heavy atom. The van der Waals surface area contributed by atoms with Crippen LogP contribution in [0.2, 0.25) is 0 Å². The van der Waals surface area contributed by atoms with Crippen molar-refractivity contribution < 1.29 is 9.47 Å². The molecule has 0 aliphatic rings. The van der Waals surface area contributed by atoms with Gasteiger partial charge in [-0.25, -0.2) is 0 Å². The highest BCUT2D eigenvalue weighted by Crippen LogP contribution is 2.20. The first kappa shape index (κ1) is 14.4. The summed E-state index contributed by atoms with van der Waals surface area (Å²) in [6.07, 6.45) is 1.07. The quantitative estimate of drug-likeness (QED) is 0.542. The second-order valence-electron chi connectivity index (χ2n) is 3.62. The van der Waals surface area contributed by atoms with Gasteiger partial charge in [0.25, 0.3) is 0 Å². The van der Waals surface area contributed by atoms with Crippen molar-refractivity contribution in [2.45, 2.75) is 11.3 Å². The smallest absolute Gasteiger partial charge is 0.118 e. The monoisotopic (exact) mass is 255 g/mol. The average Bonchev–Trinajstić information content (AvgIpc) is 2.38. The summed E-state index contributed by atoms with van der Waals surface area (Å²) in [5, 5.41) is 3.39. The molecule has 4 heteroatoms. The van der Waals surface area contributed by atoms with E-state index in [0.29, 0.717) is 0 Å². The lowest BCUT2D eigenvalue weighted by atomic mass is 10.3. The summed E-state index contributed by atoms with van der Waals surface area (Å²) in [6, 6.07) is 8.17. The molecule has 0 aliphatic carbocycles. The van der Waals surface area contributed by atoms with Gasteiger partial charge < -0.3 is 14.8 Å². The molecule has 0 bridgehead atoms. The van der Waals surface area contributed by atoms with E-state index in [1.807, 2.05) is 23.9 Å². The fraction of sp³-hybridized carbons (Fsp3) is 0.538. The maximum absolute atomic E-state index is 5.12. The Morgan fingerprint density at radius 1 is 1.12 bits per heavy atom. The van der Waals surface area contributed by atoms with Crippen LogP contribution in [0, 0.1) is 0 Å². The molecule has 0 saturated carbocycles. The molecular formula is C13H21NO2S. The lowest BCUT2D eigenvalue weighted by Gasteiger charge is -2.05. The summed E-state index contributed by atoms with van der Waals surface area (Å²) < 4.78 is 10.1. The van der Waals surface area contributed by atoms with Gasteiger partial charge in [-0.2, -0.15) is 0 Å². The van der Waals surface area contributed by atoms with Crippen LogP contribution >= 0.6 is 11.8 Å². The predicted octanol–water partition coefficient (Wildman–Crippen LogP) is 2.41. The molecule has 17 heavy (non-hydrogen) atoms. The summed E-state index contributed by atoms with van der Waals surface area (Å²) in [4.78, 5) is 1.28. The Hall–Kier alpha value is -0.710. The largest absolute Gasteiger partial charge is 0.497 e. The van der Waals surface area contributed by atoms with Crippen LogP contribution in [0.5, 0.6) is 5.75 Å². The fourth-order valence-electron chi connectivity index (χ4n) is 1.38. The number of benzene rings is 1. The number of hydrogen-bond donors (Lipinski definition) is 1. The number of hydrogen-bond acceptors (Lipinski definition) is 4. The molecule has 0 radical (unpaired) electrons. The number of methoxy groups -OCH3 is 2. The van der Waals surface area contributed by atoms with Crippen LogP contribution in [0.4, 0.5) is 0 Å². The van der Waals surface area contributed by atoms with Crippen molar-refractivity contribution in [2.75, 3.05) is 39.7 Å². The summed E-state index contributed by atoms with van der Waals surface area (Å²) >= 11 is 1.85. The molecule has 0 aromatic heterocycles. The Balaban J connectivity index is 2.05. The molecule has 1 aromatic carbocycles. The molecule has 1 aromatic rings. The molecule has 0 atom stereocenters. The third kappa shape index (κ3) is 6.56. The molecule has 0 amide bonds. The molecular weight excluding hydrogens is 234 g/mol. The van der Waals surface area contributed by atoms with Gasteiger partial charge >= 0.3 is 0 Å². The molecule has 0 aliphatic heterocycles. The number of nitrogens with one attached hydrogen (secondary N) is 1. The summed E-state index contributed by atoms with van der Waals surface area (Å²) in [5.41, 5.74) is 0. The summed E-state index contributed by atoms with van der Waals surface area (Å²) in [6.45, 7) is 2.88. The molecule has 0 unspecified atom stereocenters. The maximum atomic E-state index is 5.12. The molecule has 0 spiro atoms. The van der Waals surface area contributed by atoms with Crippen LogP contribution in [0.15, 0.2) is 29.2 Å². The minimum absolute atomic E-state index is 0.832. The van der Waals surface area contributed by atoms with Crippen molar-refractivity contribution in [3.63, 3.8) is 0 Å². The lowest BCUT2D eigenvalue weighted by Crippen LogP contribution is -2.19. The first-order chi connectivity index (χ1) is 8.36. The van der Waals surface area contributed by atoms with Gasteiger partial charge in [-0.1, -0.05) is 0 Å². The zero-order valence-corrected chi connectivity index (χ0v) is 11.4. The van der Waals surface area contributed by atoms with Crippen LogP contribution in [0.25, 0.3) is 0 Å². The topological polar surface area (TPSA) is 30.5 Å². The van der Waals surface area contributed by atoms with Gasteiger partial charge in [-0.05, 0) is 37.2 Å². The maximum Gasteiger partial charge on any atom is 0.118 e. The Morgan fingerprint density at radius 2 is 1.88 bits per heavy atom. The molecule has 3 nitrogen and oxygen atoms in total. The summed E-state index contributed by atoms with van der Waals surface area (Å²) in [7, 11) is 3.42. The van der Waals surface area contributed by atoms with Gasteiger partial charge in [-0.15, -0.1) is 11.8 Å². The number of thioether (sulfide) groups is 1. The summed E-state index contributed by atoms with van der Waals surface area (Å²) in [5.74, 6) is 1.99. The molecule has 1 N–H and O–H groups in total. The van der Waals surface area contributed by atoms with Crippen molar-refractivity contribution in [3.05, 3.63) is 24.3 Å². The number of ether oxygens (including phenoxy) is 2. The van der Waals surface area contributed by atoms with E-state index in [1.54, 1.807) is 14.2 Å². The highest BCUT2D eigenvalue weighted by molar-refractivity contribution is 7.99. The molecule has 0 saturated heterocycles. The van der Waals surface area contributed by atoms with Gasteiger partial charge in [0.1, 0.15) is 5.75 Å². The van der Waals surface area contributed by atoms with E-state index >= 15 is 0 Å². The third-order valence-corrected chi connectivity index (χ3v) is 3.32. The Labute approximate surface area is 108 Å². The molecule has 1 rings (SSSR count). The van der Waals surface area contributed by atoms with E-state index in [-0.39, 0.29) is 0 Å². The minimum Gasteiger partial charge on any atom is -0.497 e. The highest BCUT2D eigenvalue weighted by Gasteiger charge is 1.95. The predicted molar refractivity (Wildman–Crippen MR) is 73.1 cm³/mol. The van der Waals surface area contributed by atoms with E-state index in [1.165, 1.54) is 4.90 Å². The van der Waals surface area contributed by atoms with Crippen molar-refractivity contribution in [1.82, 2.24) is 5.32 Å².